The van der Waals surface area contributed by atoms with Crippen LogP contribution < -0.4 is 4.74 Å². The Kier molecular flexibility index (Phi) is 4.06. The molecule has 6 heteroatoms. The molecule has 0 aliphatic heterocycles. The maximum Gasteiger partial charge on any atom is 0.387 e. The summed E-state index contributed by atoms with van der Waals surface area (Å²) in [4.78, 5) is 10.5. The highest BCUT2D eigenvalue weighted by Crippen LogP contribution is 2.29. The van der Waals surface area contributed by atoms with Crippen LogP contribution in [-0.2, 0) is 11.2 Å². The van der Waals surface area contributed by atoms with Crippen LogP contribution in [0.4, 0.5) is 8.78 Å². The molecule has 1 N–H and O–H groups in total. The molecule has 3 nitrogen and oxygen atoms in total. The smallest absolute Gasteiger partial charge is 0.387 e. The third-order valence-electron chi connectivity index (χ3n) is 1.86. The van der Waals surface area contributed by atoms with Crippen LogP contribution in [0.15, 0.2) is 12.1 Å². The molecule has 0 heterocycles. The SMILES string of the molecule is Cc1cc(Cl)cc(CC(=O)O)c1OC(F)F. The van der Waals surface area contributed by atoms with Gasteiger partial charge in [0.25, 0.3) is 0 Å². The van der Waals surface area contributed by atoms with E-state index in [1.807, 2.05) is 0 Å². The van der Waals surface area contributed by atoms with Crippen molar-refractivity contribution in [2.45, 2.75) is 20.0 Å². The van der Waals surface area contributed by atoms with Crippen molar-refractivity contribution >= 4 is 17.6 Å². The molecular formula is C10H9ClF2O3. The van der Waals surface area contributed by atoms with Crippen LogP contribution in [0, 0.1) is 6.92 Å². The number of hydrogen-bond acceptors (Lipinski definition) is 2. The largest absolute Gasteiger partial charge is 0.481 e. The first-order chi connectivity index (χ1) is 7.40. The van der Waals surface area contributed by atoms with Crippen molar-refractivity contribution < 1.29 is 23.4 Å². The van der Waals surface area contributed by atoms with Crippen molar-refractivity contribution in [3.8, 4) is 5.75 Å². The maximum absolute atomic E-state index is 12.1. The fourth-order valence-corrected chi connectivity index (χ4v) is 1.65. The van der Waals surface area contributed by atoms with E-state index in [1.54, 1.807) is 0 Å². The van der Waals surface area contributed by atoms with Crippen LogP contribution in [-0.4, -0.2) is 17.7 Å². The van der Waals surface area contributed by atoms with E-state index in [0.717, 1.165) is 0 Å². The van der Waals surface area contributed by atoms with Gasteiger partial charge in [-0.2, -0.15) is 8.78 Å². The standard InChI is InChI=1S/C10H9ClF2O3/c1-5-2-7(11)3-6(4-8(14)15)9(5)16-10(12)13/h2-3,10H,4H2,1H3,(H,14,15). The molecule has 0 aliphatic rings. The van der Waals surface area contributed by atoms with Gasteiger partial charge in [-0.05, 0) is 24.6 Å². The number of carbonyl (C=O) groups is 1. The number of hydrogen-bond donors (Lipinski definition) is 1. The lowest BCUT2D eigenvalue weighted by molar-refractivity contribution is -0.136. The lowest BCUT2D eigenvalue weighted by atomic mass is 10.1. The van der Waals surface area contributed by atoms with E-state index in [1.165, 1.54) is 19.1 Å². The molecule has 1 aromatic rings. The van der Waals surface area contributed by atoms with Crippen LogP contribution in [0.2, 0.25) is 5.02 Å². The number of aliphatic carboxylic acids is 1. The van der Waals surface area contributed by atoms with Gasteiger partial charge in [-0.3, -0.25) is 4.79 Å². The number of carboxylic acids is 1. The van der Waals surface area contributed by atoms with Gasteiger partial charge in [0.2, 0.25) is 0 Å². The van der Waals surface area contributed by atoms with E-state index in [2.05, 4.69) is 4.74 Å². The van der Waals surface area contributed by atoms with Crippen molar-refractivity contribution in [1.82, 2.24) is 0 Å². The number of benzene rings is 1. The second-order valence-corrected chi connectivity index (χ2v) is 3.60. The molecule has 0 saturated heterocycles. The molecule has 1 rings (SSSR count). The molecular weight excluding hydrogens is 242 g/mol. The maximum atomic E-state index is 12.1. The summed E-state index contributed by atoms with van der Waals surface area (Å²) < 4.78 is 28.5. The molecule has 1 aromatic carbocycles. The minimum atomic E-state index is -2.99. The zero-order chi connectivity index (χ0) is 12.3. The summed E-state index contributed by atoms with van der Waals surface area (Å²) >= 11 is 5.71. The van der Waals surface area contributed by atoms with E-state index in [-0.39, 0.29) is 16.3 Å². The number of rotatable bonds is 4. The van der Waals surface area contributed by atoms with Gasteiger partial charge in [0.05, 0.1) is 6.42 Å². The lowest BCUT2D eigenvalue weighted by Crippen LogP contribution is -2.09. The second kappa shape index (κ2) is 5.12. The number of carboxylic acid groups (broad SMARTS) is 1. The summed E-state index contributed by atoms with van der Waals surface area (Å²) in [5.74, 6) is -1.26. The van der Waals surface area contributed by atoms with Gasteiger partial charge in [-0.15, -0.1) is 0 Å². The summed E-state index contributed by atoms with van der Waals surface area (Å²) in [6.45, 7) is -1.47. The Morgan fingerprint density at radius 2 is 2.19 bits per heavy atom. The van der Waals surface area contributed by atoms with Gasteiger partial charge >= 0.3 is 12.6 Å². The Balaban J connectivity index is 3.15. The number of aryl methyl sites for hydroxylation is 1. The first-order valence-corrected chi connectivity index (χ1v) is 4.73. The molecule has 0 aromatic heterocycles. The van der Waals surface area contributed by atoms with Gasteiger partial charge < -0.3 is 9.84 Å². The predicted molar refractivity (Wildman–Crippen MR) is 54.2 cm³/mol. The normalized spacial score (nSPS) is 10.6. The quantitative estimate of drug-likeness (QED) is 0.894. The Bertz CT molecular complexity index is 407. The van der Waals surface area contributed by atoms with Crippen LogP contribution in [0.25, 0.3) is 0 Å². The Morgan fingerprint density at radius 3 is 2.69 bits per heavy atom. The van der Waals surface area contributed by atoms with Crippen LogP contribution >= 0.6 is 11.6 Å². The molecule has 0 fully saturated rings. The molecule has 88 valence electrons. The summed E-state index contributed by atoms with van der Waals surface area (Å²) in [5, 5.41) is 8.91. The van der Waals surface area contributed by atoms with Crippen molar-refractivity contribution in [3.63, 3.8) is 0 Å². The second-order valence-electron chi connectivity index (χ2n) is 3.16. The zero-order valence-electron chi connectivity index (χ0n) is 8.34. The van der Waals surface area contributed by atoms with Gasteiger partial charge in [0, 0.05) is 10.6 Å². The van der Waals surface area contributed by atoms with Crippen LogP contribution in [0.3, 0.4) is 0 Å². The van der Waals surface area contributed by atoms with Crippen molar-refractivity contribution in [3.05, 3.63) is 28.3 Å². The lowest BCUT2D eigenvalue weighted by Gasteiger charge is -2.12. The van der Waals surface area contributed by atoms with Crippen LogP contribution in [0.5, 0.6) is 5.75 Å². The monoisotopic (exact) mass is 250 g/mol. The highest BCUT2D eigenvalue weighted by Gasteiger charge is 2.15. The summed E-state index contributed by atoms with van der Waals surface area (Å²) in [5.41, 5.74) is 0.516. The average molecular weight is 251 g/mol. The Morgan fingerprint density at radius 1 is 1.56 bits per heavy atom. The third kappa shape index (κ3) is 3.34. The number of ether oxygens (including phenoxy) is 1. The molecule has 0 aliphatic carbocycles. The summed E-state index contributed by atoms with van der Waals surface area (Å²) in [7, 11) is 0. The fourth-order valence-electron chi connectivity index (χ4n) is 1.35. The molecule has 0 unspecified atom stereocenters. The zero-order valence-corrected chi connectivity index (χ0v) is 9.09. The molecule has 0 saturated carbocycles. The first-order valence-electron chi connectivity index (χ1n) is 4.35. The first kappa shape index (κ1) is 12.7. The van der Waals surface area contributed by atoms with E-state index >= 15 is 0 Å². The van der Waals surface area contributed by atoms with Crippen LogP contribution in [0.1, 0.15) is 11.1 Å². The summed E-state index contributed by atoms with van der Waals surface area (Å²) in [6, 6.07) is 2.74. The minimum absolute atomic E-state index is 0.123. The molecule has 0 spiro atoms. The number of alkyl halides is 2. The van der Waals surface area contributed by atoms with E-state index < -0.39 is 19.0 Å². The highest BCUT2D eigenvalue weighted by atomic mass is 35.5. The van der Waals surface area contributed by atoms with Gasteiger partial charge in [0.15, 0.2) is 0 Å². The Hall–Kier alpha value is -1.36. The van der Waals surface area contributed by atoms with Gasteiger partial charge in [-0.1, -0.05) is 11.6 Å². The Labute approximate surface area is 95.6 Å². The fraction of sp³-hybridized carbons (Fsp3) is 0.300. The average Bonchev–Trinajstić information content (AvgIpc) is 2.09. The van der Waals surface area contributed by atoms with Crippen molar-refractivity contribution in [1.29, 1.82) is 0 Å². The van der Waals surface area contributed by atoms with Crippen molar-refractivity contribution in [2.75, 3.05) is 0 Å². The van der Waals surface area contributed by atoms with Gasteiger partial charge in [-0.25, -0.2) is 0 Å². The van der Waals surface area contributed by atoms with Gasteiger partial charge in [0.1, 0.15) is 5.75 Å². The molecule has 0 bridgehead atoms. The molecule has 16 heavy (non-hydrogen) atoms. The molecule has 0 amide bonds. The highest BCUT2D eigenvalue weighted by molar-refractivity contribution is 6.30. The van der Waals surface area contributed by atoms with E-state index in [4.69, 9.17) is 16.7 Å². The number of halogens is 3. The van der Waals surface area contributed by atoms with Crippen molar-refractivity contribution in [2.24, 2.45) is 0 Å². The van der Waals surface area contributed by atoms with E-state index in [9.17, 15) is 13.6 Å². The summed E-state index contributed by atoms with van der Waals surface area (Å²) in [6.07, 6.45) is -0.413. The van der Waals surface area contributed by atoms with E-state index in [0.29, 0.717) is 5.56 Å². The molecule has 0 radical (unpaired) electrons. The third-order valence-corrected chi connectivity index (χ3v) is 2.08. The topological polar surface area (TPSA) is 46.5 Å². The predicted octanol–water partition coefficient (Wildman–Crippen LogP) is 2.88. The molecule has 0 atom stereocenters. The minimum Gasteiger partial charge on any atom is -0.481 e.